The third kappa shape index (κ3) is 6.21. The van der Waals surface area contributed by atoms with Crippen LogP contribution >= 0.6 is 0 Å². The number of hydrogen-bond acceptors (Lipinski definition) is 4. The van der Waals surface area contributed by atoms with E-state index in [0.717, 1.165) is 32.5 Å². The molecular weight excluding hydrogens is 264 g/mol. The van der Waals surface area contributed by atoms with Gasteiger partial charge in [-0.2, -0.15) is 0 Å². The predicted molar refractivity (Wildman–Crippen MR) is 77.7 cm³/mol. The van der Waals surface area contributed by atoms with Crippen molar-refractivity contribution >= 4 is 10.0 Å². The molecule has 6 heteroatoms. The third-order valence-corrected chi connectivity index (χ3v) is 4.86. The van der Waals surface area contributed by atoms with Crippen LogP contribution in [0.4, 0.5) is 0 Å². The van der Waals surface area contributed by atoms with E-state index in [0.29, 0.717) is 24.9 Å². The lowest BCUT2D eigenvalue weighted by Gasteiger charge is -2.33. The third-order valence-electron chi connectivity index (χ3n) is 3.60. The number of sulfonamides is 1. The fourth-order valence-electron chi connectivity index (χ4n) is 2.86. The molecule has 1 aliphatic heterocycles. The van der Waals surface area contributed by atoms with Crippen molar-refractivity contribution in [3.8, 4) is 0 Å². The molecule has 2 unspecified atom stereocenters. The van der Waals surface area contributed by atoms with Crippen molar-refractivity contribution in [1.82, 2.24) is 9.21 Å². The fraction of sp³-hybridized carbons (Fsp3) is 1.00. The number of rotatable bonds is 7. The summed E-state index contributed by atoms with van der Waals surface area (Å²) in [6.45, 7) is 6.23. The van der Waals surface area contributed by atoms with Crippen molar-refractivity contribution in [1.29, 1.82) is 0 Å². The van der Waals surface area contributed by atoms with Crippen LogP contribution in [0.2, 0.25) is 0 Å². The molecule has 1 fully saturated rings. The Morgan fingerprint density at radius 3 is 2.74 bits per heavy atom. The lowest BCUT2D eigenvalue weighted by Crippen LogP contribution is -2.43. The van der Waals surface area contributed by atoms with Crippen molar-refractivity contribution in [2.24, 2.45) is 11.8 Å². The smallest absolute Gasteiger partial charge is 0.211 e. The molecule has 114 valence electrons. The largest absolute Gasteiger partial charge is 0.384 e. The topological polar surface area (TPSA) is 49.9 Å². The summed E-state index contributed by atoms with van der Waals surface area (Å²) in [6.07, 6.45) is 3.40. The van der Waals surface area contributed by atoms with Crippen LogP contribution in [0.15, 0.2) is 0 Å². The van der Waals surface area contributed by atoms with E-state index < -0.39 is 10.0 Å². The van der Waals surface area contributed by atoms with E-state index in [9.17, 15) is 8.42 Å². The van der Waals surface area contributed by atoms with Gasteiger partial charge in [-0.25, -0.2) is 12.7 Å². The minimum Gasteiger partial charge on any atom is -0.384 e. The van der Waals surface area contributed by atoms with Crippen LogP contribution in [-0.2, 0) is 14.8 Å². The molecule has 0 amide bonds. The summed E-state index contributed by atoms with van der Waals surface area (Å²) < 4.78 is 29.9. The molecule has 0 N–H and O–H groups in total. The molecule has 1 rings (SSSR count). The van der Waals surface area contributed by atoms with Gasteiger partial charge in [-0.1, -0.05) is 6.92 Å². The maximum atomic E-state index is 11.6. The summed E-state index contributed by atoms with van der Waals surface area (Å²) in [5.74, 6) is 0.952. The fourth-order valence-corrected chi connectivity index (χ4v) is 3.80. The van der Waals surface area contributed by atoms with E-state index in [2.05, 4.69) is 18.9 Å². The van der Waals surface area contributed by atoms with E-state index in [1.807, 2.05) is 0 Å². The molecule has 0 aromatic rings. The normalized spacial score (nSPS) is 23.7. The Balaban J connectivity index is 2.40. The maximum absolute atomic E-state index is 11.6. The number of ether oxygens (including phenoxy) is 1. The molecule has 0 aromatic heterocycles. The van der Waals surface area contributed by atoms with Gasteiger partial charge in [0.05, 0.1) is 6.26 Å². The molecule has 5 nitrogen and oxygen atoms in total. The Hall–Kier alpha value is -0.170. The zero-order valence-corrected chi connectivity index (χ0v) is 13.4. The minimum atomic E-state index is -3.03. The van der Waals surface area contributed by atoms with Gasteiger partial charge < -0.3 is 9.64 Å². The summed E-state index contributed by atoms with van der Waals surface area (Å²) in [4.78, 5) is 2.29. The summed E-state index contributed by atoms with van der Waals surface area (Å²) in [5.41, 5.74) is 0. The monoisotopic (exact) mass is 292 g/mol. The standard InChI is InChI=1S/C13H28N2O3S/c1-12(11-18-3)8-14(2)9-13-6-5-7-15(10-13)19(4,16)17/h12-13H,5-11H2,1-4H3. The second kappa shape index (κ2) is 7.57. The number of piperidine rings is 1. The Morgan fingerprint density at radius 1 is 1.47 bits per heavy atom. The van der Waals surface area contributed by atoms with Gasteiger partial charge in [0.15, 0.2) is 0 Å². The lowest BCUT2D eigenvalue weighted by atomic mass is 9.99. The van der Waals surface area contributed by atoms with Crippen molar-refractivity contribution in [3.05, 3.63) is 0 Å². The highest BCUT2D eigenvalue weighted by molar-refractivity contribution is 7.88. The van der Waals surface area contributed by atoms with Gasteiger partial charge >= 0.3 is 0 Å². The summed E-state index contributed by atoms with van der Waals surface area (Å²) >= 11 is 0. The summed E-state index contributed by atoms with van der Waals surface area (Å²) in [7, 11) is 0.795. The summed E-state index contributed by atoms with van der Waals surface area (Å²) in [6, 6.07) is 0. The molecule has 0 bridgehead atoms. The zero-order valence-electron chi connectivity index (χ0n) is 12.6. The Bertz CT molecular complexity index is 359. The van der Waals surface area contributed by atoms with Gasteiger partial charge in [-0.3, -0.25) is 0 Å². The van der Waals surface area contributed by atoms with E-state index in [4.69, 9.17) is 4.74 Å². The highest BCUT2D eigenvalue weighted by Crippen LogP contribution is 2.19. The van der Waals surface area contributed by atoms with Crippen molar-refractivity contribution in [2.45, 2.75) is 19.8 Å². The molecule has 0 aromatic carbocycles. The summed E-state index contributed by atoms with van der Waals surface area (Å²) in [5, 5.41) is 0. The van der Waals surface area contributed by atoms with Gasteiger partial charge in [0.1, 0.15) is 0 Å². The highest BCUT2D eigenvalue weighted by atomic mass is 32.2. The SMILES string of the molecule is COCC(C)CN(C)CC1CCCN(S(C)(=O)=O)C1. The second-order valence-electron chi connectivity index (χ2n) is 5.91. The van der Waals surface area contributed by atoms with Crippen molar-refractivity contribution in [2.75, 3.05) is 53.2 Å². The zero-order chi connectivity index (χ0) is 14.5. The molecular formula is C13H28N2O3S. The van der Waals surface area contributed by atoms with Gasteiger partial charge in [-0.05, 0) is 31.7 Å². The van der Waals surface area contributed by atoms with E-state index in [-0.39, 0.29) is 0 Å². The minimum absolute atomic E-state index is 0.447. The van der Waals surface area contributed by atoms with Crippen LogP contribution < -0.4 is 0 Å². The van der Waals surface area contributed by atoms with Crippen molar-refractivity contribution < 1.29 is 13.2 Å². The molecule has 2 atom stereocenters. The Kier molecular flexibility index (Phi) is 6.73. The van der Waals surface area contributed by atoms with Crippen LogP contribution in [0.5, 0.6) is 0 Å². The van der Waals surface area contributed by atoms with Crippen molar-refractivity contribution in [3.63, 3.8) is 0 Å². The molecule has 1 heterocycles. The first kappa shape index (κ1) is 16.9. The van der Waals surface area contributed by atoms with Gasteiger partial charge in [0, 0.05) is 39.9 Å². The highest BCUT2D eigenvalue weighted by Gasteiger charge is 2.26. The van der Waals surface area contributed by atoms with Gasteiger partial charge in [-0.15, -0.1) is 0 Å². The van der Waals surface area contributed by atoms with Gasteiger partial charge in [0.2, 0.25) is 10.0 Å². The molecule has 1 aliphatic rings. The quantitative estimate of drug-likeness (QED) is 0.699. The van der Waals surface area contributed by atoms with Crippen LogP contribution in [0, 0.1) is 11.8 Å². The van der Waals surface area contributed by atoms with E-state index >= 15 is 0 Å². The Labute approximate surface area is 118 Å². The number of nitrogens with zero attached hydrogens (tertiary/aromatic N) is 2. The molecule has 0 spiro atoms. The van der Waals surface area contributed by atoms with Crippen LogP contribution in [0.25, 0.3) is 0 Å². The first-order chi connectivity index (χ1) is 8.82. The second-order valence-corrected chi connectivity index (χ2v) is 7.89. The molecule has 19 heavy (non-hydrogen) atoms. The van der Waals surface area contributed by atoms with E-state index in [1.54, 1.807) is 11.4 Å². The van der Waals surface area contributed by atoms with Gasteiger partial charge in [0.25, 0.3) is 0 Å². The molecule has 0 saturated carbocycles. The van der Waals surface area contributed by atoms with Crippen LogP contribution in [-0.4, -0.2) is 70.8 Å². The average Bonchev–Trinajstić information content (AvgIpc) is 2.28. The molecule has 0 aliphatic carbocycles. The molecule has 1 saturated heterocycles. The van der Waals surface area contributed by atoms with Crippen LogP contribution in [0.3, 0.4) is 0 Å². The number of hydrogen-bond donors (Lipinski definition) is 0. The molecule has 0 radical (unpaired) electrons. The Morgan fingerprint density at radius 2 is 2.16 bits per heavy atom. The lowest BCUT2D eigenvalue weighted by molar-refractivity contribution is 0.125. The average molecular weight is 292 g/mol. The first-order valence-electron chi connectivity index (χ1n) is 6.95. The predicted octanol–water partition coefficient (Wildman–Crippen LogP) is 0.872. The maximum Gasteiger partial charge on any atom is 0.211 e. The van der Waals surface area contributed by atoms with Crippen LogP contribution in [0.1, 0.15) is 19.8 Å². The first-order valence-corrected chi connectivity index (χ1v) is 8.80. The number of methoxy groups -OCH3 is 1. The van der Waals surface area contributed by atoms with E-state index in [1.165, 1.54) is 6.26 Å².